The Balaban J connectivity index is 2.18. The van der Waals surface area contributed by atoms with E-state index in [9.17, 15) is 9.90 Å². The fraction of sp³-hybridized carbons (Fsp3) is 0.357. The van der Waals surface area contributed by atoms with Gasteiger partial charge in [-0.05, 0) is 43.7 Å². The maximum Gasteiger partial charge on any atom is 0.248 e. The lowest BCUT2D eigenvalue weighted by Crippen LogP contribution is -2.33. The predicted molar refractivity (Wildman–Crippen MR) is 72.9 cm³/mol. The molecule has 0 spiro atoms. The number of nitrogens with two attached hydrogens (primary N) is 1. The zero-order valence-electron chi connectivity index (χ0n) is 10.7. The molecule has 0 fully saturated rings. The van der Waals surface area contributed by atoms with E-state index in [1.54, 1.807) is 12.1 Å². The zero-order chi connectivity index (χ0) is 13.6. The van der Waals surface area contributed by atoms with E-state index in [4.69, 9.17) is 5.73 Å². The van der Waals surface area contributed by atoms with Crippen LogP contribution in [0.3, 0.4) is 0 Å². The fourth-order valence-corrected chi connectivity index (χ4v) is 2.86. The average molecular weight is 259 g/mol. The lowest BCUT2D eigenvalue weighted by atomic mass is 9.89. The van der Waals surface area contributed by atoms with Crippen LogP contribution in [0, 0.1) is 0 Å². The second-order valence-corrected chi connectivity index (χ2v) is 5.08. The van der Waals surface area contributed by atoms with E-state index in [1.807, 2.05) is 13.1 Å². The van der Waals surface area contributed by atoms with Crippen molar-refractivity contribution in [3.05, 3.63) is 35.0 Å². The lowest BCUT2D eigenvalue weighted by Gasteiger charge is -2.26. The van der Waals surface area contributed by atoms with Crippen LogP contribution in [0.4, 0.5) is 0 Å². The smallest absolute Gasteiger partial charge is 0.248 e. The van der Waals surface area contributed by atoms with Gasteiger partial charge in [-0.2, -0.15) is 0 Å². The third-order valence-electron chi connectivity index (χ3n) is 3.92. The van der Waals surface area contributed by atoms with Crippen LogP contribution in [-0.2, 0) is 6.42 Å². The zero-order valence-corrected chi connectivity index (χ0v) is 10.7. The van der Waals surface area contributed by atoms with Crippen molar-refractivity contribution >= 4 is 16.8 Å². The number of carbonyl (C=O) groups excluding carboxylic acids is 1. The molecule has 5 nitrogen and oxygen atoms in total. The Bertz CT molecular complexity index is 647. The number of aliphatic hydroxyl groups excluding tert-OH is 1. The summed E-state index contributed by atoms with van der Waals surface area (Å²) in [6, 6.07) is 5.60. The second kappa shape index (κ2) is 4.36. The number of benzene rings is 1. The molecule has 0 bridgehead atoms. The van der Waals surface area contributed by atoms with Crippen LogP contribution in [0.1, 0.15) is 34.1 Å². The number of carbonyl (C=O) groups is 1. The van der Waals surface area contributed by atoms with Crippen molar-refractivity contribution in [2.75, 3.05) is 7.05 Å². The van der Waals surface area contributed by atoms with Gasteiger partial charge >= 0.3 is 0 Å². The van der Waals surface area contributed by atoms with Crippen molar-refractivity contribution in [1.29, 1.82) is 0 Å². The molecule has 1 amide bonds. The van der Waals surface area contributed by atoms with E-state index in [0.29, 0.717) is 12.0 Å². The molecule has 19 heavy (non-hydrogen) atoms. The van der Waals surface area contributed by atoms with E-state index in [0.717, 1.165) is 28.6 Å². The first-order valence-electron chi connectivity index (χ1n) is 6.39. The van der Waals surface area contributed by atoms with Gasteiger partial charge in [0.25, 0.3) is 0 Å². The van der Waals surface area contributed by atoms with Crippen LogP contribution in [-0.4, -0.2) is 29.1 Å². The number of amides is 1. The molecule has 3 rings (SSSR count). The minimum Gasteiger partial charge on any atom is -0.387 e. The standard InChI is InChI=1S/C14H17N3O2/c1-16-8-5-10-9-4-7(14(15)19)2-3-11(9)17-13(10)12(18)6-8/h2-4,8,12,16-18H,5-6H2,1H3,(H2,15,19)/t8-,12+/m0/s1. The van der Waals surface area contributed by atoms with E-state index >= 15 is 0 Å². The Morgan fingerprint density at radius 1 is 1.53 bits per heavy atom. The number of hydrogen-bond donors (Lipinski definition) is 4. The Morgan fingerprint density at radius 2 is 2.32 bits per heavy atom. The number of nitrogens with one attached hydrogen (secondary N) is 2. The molecule has 0 aliphatic heterocycles. The molecular weight excluding hydrogens is 242 g/mol. The topological polar surface area (TPSA) is 91.1 Å². The molecule has 1 heterocycles. The maximum atomic E-state index is 11.3. The van der Waals surface area contributed by atoms with Gasteiger partial charge in [0.1, 0.15) is 0 Å². The normalized spacial score (nSPS) is 22.4. The number of H-pyrrole nitrogens is 1. The highest BCUT2D eigenvalue weighted by Gasteiger charge is 2.28. The van der Waals surface area contributed by atoms with E-state index in [-0.39, 0.29) is 6.04 Å². The molecule has 5 heteroatoms. The van der Waals surface area contributed by atoms with Gasteiger partial charge in [0, 0.05) is 28.2 Å². The quantitative estimate of drug-likeness (QED) is 0.644. The van der Waals surface area contributed by atoms with Crippen molar-refractivity contribution in [2.45, 2.75) is 25.0 Å². The number of aromatic nitrogens is 1. The predicted octanol–water partition coefficient (Wildman–Crippen LogP) is 0.834. The molecule has 1 aliphatic carbocycles. The molecule has 0 radical (unpaired) electrons. The summed E-state index contributed by atoms with van der Waals surface area (Å²) in [4.78, 5) is 14.5. The van der Waals surface area contributed by atoms with Crippen LogP contribution in [0.25, 0.3) is 10.9 Å². The summed E-state index contributed by atoms with van der Waals surface area (Å²) in [6.07, 6.45) is 1.04. The van der Waals surface area contributed by atoms with Crippen LogP contribution < -0.4 is 11.1 Å². The van der Waals surface area contributed by atoms with Gasteiger partial charge in [-0.1, -0.05) is 0 Å². The van der Waals surface area contributed by atoms with Crippen LogP contribution in [0.2, 0.25) is 0 Å². The van der Waals surface area contributed by atoms with Crippen LogP contribution in [0.15, 0.2) is 18.2 Å². The molecule has 1 aliphatic rings. The van der Waals surface area contributed by atoms with Gasteiger partial charge in [-0.25, -0.2) is 0 Å². The molecule has 0 saturated carbocycles. The Hall–Kier alpha value is -1.85. The van der Waals surface area contributed by atoms with Crippen LogP contribution in [0.5, 0.6) is 0 Å². The summed E-state index contributed by atoms with van der Waals surface area (Å²) >= 11 is 0. The van der Waals surface area contributed by atoms with E-state index < -0.39 is 12.0 Å². The third kappa shape index (κ3) is 1.91. The lowest BCUT2D eigenvalue weighted by molar-refractivity contribution is 0.100. The average Bonchev–Trinajstić information content (AvgIpc) is 2.77. The molecule has 2 aromatic rings. The largest absolute Gasteiger partial charge is 0.387 e. The fourth-order valence-electron chi connectivity index (χ4n) is 2.86. The van der Waals surface area contributed by atoms with Gasteiger partial charge in [-0.3, -0.25) is 4.79 Å². The SMILES string of the molecule is CN[C@H]1Cc2c([nH]c3ccc(C(N)=O)cc23)[C@H](O)C1. The third-order valence-corrected chi connectivity index (χ3v) is 3.92. The monoisotopic (exact) mass is 259 g/mol. The second-order valence-electron chi connectivity index (χ2n) is 5.08. The van der Waals surface area contributed by atoms with Crippen molar-refractivity contribution in [1.82, 2.24) is 10.3 Å². The summed E-state index contributed by atoms with van der Waals surface area (Å²) in [7, 11) is 1.89. The number of aliphatic hydroxyl groups is 1. The first kappa shape index (κ1) is 12.2. The van der Waals surface area contributed by atoms with E-state index in [1.165, 1.54) is 0 Å². The molecule has 5 N–H and O–H groups in total. The molecular formula is C14H17N3O2. The molecule has 0 unspecified atom stereocenters. The number of fused-ring (bicyclic) bond motifs is 3. The minimum absolute atomic E-state index is 0.249. The number of rotatable bonds is 2. The molecule has 100 valence electrons. The van der Waals surface area contributed by atoms with Gasteiger partial charge in [0.15, 0.2) is 0 Å². The van der Waals surface area contributed by atoms with Crippen molar-refractivity contribution in [2.24, 2.45) is 5.73 Å². The molecule has 0 saturated heterocycles. The molecule has 1 aromatic carbocycles. The van der Waals surface area contributed by atoms with Gasteiger partial charge < -0.3 is 21.1 Å². The minimum atomic E-state index is -0.495. The summed E-state index contributed by atoms with van der Waals surface area (Å²) in [5.41, 5.74) is 8.69. The first-order valence-corrected chi connectivity index (χ1v) is 6.39. The van der Waals surface area contributed by atoms with E-state index in [2.05, 4.69) is 10.3 Å². The summed E-state index contributed by atoms with van der Waals surface area (Å²) in [6.45, 7) is 0. The van der Waals surface area contributed by atoms with Crippen molar-refractivity contribution in [3.63, 3.8) is 0 Å². The first-order chi connectivity index (χ1) is 9.10. The summed E-state index contributed by atoms with van der Waals surface area (Å²) in [5.74, 6) is -0.432. The van der Waals surface area contributed by atoms with Gasteiger partial charge in [-0.15, -0.1) is 0 Å². The Kier molecular flexibility index (Phi) is 2.80. The van der Waals surface area contributed by atoms with Crippen molar-refractivity contribution < 1.29 is 9.90 Å². The van der Waals surface area contributed by atoms with Crippen LogP contribution >= 0.6 is 0 Å². The number of aromatic amines is 1. The summed E-state index contributed by atoms with van der Waals surface area (Å²) in [5, 5.41) is 14.4. The highest BCUT2D eigenvalue weighted by atomic mass is 16.3. The maximum absolute atomic E-state index is 11.3. The number of primary amides is 1. The highest BCUT2D eigenvalue weighted by Crippen LogP contribution is 2.35. The van der Waals surface area contributed by atoms with Crippen molar-refractivity contribution in [3.8, 4) is 0 Å². The number of hydrogen-bond acceptors (Lipinski definition) is 3. The Labute approximate surface area is 110 Å². The Morgan fingerprint density at radius 3 is 3.00 bits per heavy atom. The van der Waals surface area contributed by atoms with Gasteiger partial charge in [0.05, 0.1) is 6.10 Å². The van der Waals surface area contributed by atoms with Gasteiger partial charge in [0.2, 0.25) is 5.91 Å². The highest BCUT2D eigenvalue weighted by molar-refractivity contribution is 5.98. The molecule has 2 atom stereocenters. The number of likely N-dealkylation sites (N-methyl/N-ethyl adjacent to an activating group) is 1. The molecule has 1 aromatic heterocycles. The summed E-state index contributed by atoms with van der Waals surface area (Å²) < 4.78 is 0.